The van der Waals surface area contributed by atoms with E-state index >= 15 is 0 Å². The highest BCUT2D eigenvalue weighted by molar-refractivity contribution is 7.13. The van der Waals surface area contributed by atoms with Gasteiger partial charge in [-0.05, 0) is 12.8 Å². The fraction of sp³-hybridized carbons (Fsp3) is 0.455. The molecule has 0 aliphatic heterocycles. The van der Waals surface area contributed by atoms with Crippen molar-refractivity contribution in [2.45, 2.75) is 31.6 Å². The van der Waals surface area contributed by atoms with E-state index in [0.29, 0.717) is 11.7 Å². The maximum absolute atomic E-state index is 5.78. The molecular weight excluding hydrogens is 220 g/mol. The van der Waals surface area contributed by atoms with Crippen LogP contribution in [0.1, 0.15) is 37.3 Å². The number of thiazole rings is 1. The minimum absolute atomic E-state index is 0.604. The molecule has 2 heterocycles. The van der Waals surface area contributed by atoms with Crippen LogP contribution in [-0.2, 0) is 0 Å². The van der Waals surface area contributed by atoms with E-state index in [0.717, 1.165) is 10.6 Å². The summed E-state index contributed by atoms with van der Waals surface area (Å²) in [6, 6.07) is 0. The minimum atomic E-state index is 0.604. The number of nitrogens with two attached hydrogens (primary N) is 1. The van der Waals surface area contributed by atoms with Gasteiger partial charge in [0.2, 0.25) is 0 Å². The second-order valence-corrected chi connectivity index (χ2v) is 5.11. The van der Waals surface area contributed by atoms with Crippen molar-refractivity contribution in [1.29, 1.82) is 0 Å². The molecule has 0 atom stereocenters. The molecule has 0 unspecified atom stereocenters. The zero-order valence-electron chi connectivity index (χ0n) is 8.94. The molecule has 2 aromatic heterocycles. The van der Waals surface area contributed by atoms with E-state index in [2.05, 4.69) is 20.6 Å². The van der Waals surface area contributed by atoms with E-state index in [1.54, 1.807) is 17.5 Å². The Morgan fingerprint density at radius 2 is 2.19 bits per heavy atom. The SMILES string of the molecule is Nc1[nH]ncc1-c1nc(C2CCCC2)cs1. The number of nitrogens with one attached hydrogen (secondary N) is 1. The normalized spacial score (nSPS) is 17.0. The Kier molecular flexibility index (Phi) is 2.40. The zero-order chi connectivity index (χ0) is 11.0. The van der Waals surface area contributed by atoms with Gasteiger partial charge in [0.25, 0.3) is 0 Å². The lowest BCUT2D eigenvalue weighted by Crippen LogP contribution is -1.92. The molecule has 0 saturated heterocycles. The summed E-state index contributed by atoms with van der Waals surface area (Å²) >= 11 is 1.66. The maximum atomic E-state index is 5.78. The Morgan fingerprint density at radius 1 is 1.38 bits per heavy atom. The number of aromatic amines is 1. The van der Waals surface area contributed by atoms with Crippen molar-refractivity contribution in [3.8, 4) is 10.6 Å². The summed E-state index contributed by atoms with van der Waals surface area (Å²) in [7, 11) is 0. The standard InChI is InChI=1S/C11H14N4S/c12-10-8(5-13-15-10)11-14-9(6-16-11)7-3-1-2-4-7/h5-7H,1-4H2,(H3,12,13,15). The number of nitrogen functional groups attached to an aromatic ring is 1. The predicted molar refractivity (Wildman–Crippen MR) is 65.3 cm³/mol. The first-order valence-electron chi connectivity index (χ1n) is 5.59. The lowest BCUT2D eigenvalue weighted by Gasteiger charge is -2.02. The molecule has 1 aliphatic rings. The van der Waals surface area contributed by atoms with Crippen LogP contribution in [0.5, 0.6) is 0 Å². The summed E-state index contributed by atoms with van der Waals surface area (Å²) in [5.41, 5.74) is 7.94. The molecule has 0 spiro atoms. The number of hydrogen-bond acceptors (Lipinski definition) is 4. The highest BCUT2D eigenvalue weighted by Crippen LogP contribution is 2.36. The van der Waals surface area contributed by atoms with Gasteiger partial charge in [0, 0.05) is 11.3 Å². The molecule has 3 N–H and O–H groups in total. The van der Waals surface area contributed by atoms with Crippen molar-refractivity contribution in [3.63, 3.8) is 0 Å². The van der Waals surface area contributed by atoms with Gasteiger partial charge in [-0.25, -0.2) is 4.98 Å². The Labute approximate surface area is 97.9 Å². The predicted octanol–water partition coefficient (Wildman–Crippen LogP) is 2.77. The largest absolute Gasteiger partial charge is 0.383 e. The van der Waals surface area contributed by atoms with Crippen molar-refractivity contribution in [2.24, 2.45) is 0 Å². The number of H-pyrrole nitrogens is 1. The summed E-state index contributed by atoms with van der Waals surface area (Å²) in [6.45, 7) is 0. The van der Waals surface area contributed by atoms with Gasteiger partial charge in [-0.2, -0.15) is 5.10 Å². The van der Waals surface area contributed by atoms with Crippen LogP contribution < -0.4 is 5.73 Å². The van der Waals surface area contributed by atoms with Crippen LogP contribution in [0.4, 0.5) is 5.82 Å². The first kappa shape index (κ1) is 9.84. The molecular formula is C11H14N4S. The van der Waals surface area contributed by atoms with Crippen LogP contribution in [0.3, 0.4) is 0 Å². The average Bonchev–Trinajstić information content (AvgIpc) is 2.96. The van der Waals surface area contributed by atoms with Crippen LogP contribution in [-0.4, -0.2) is 15.2 Å². The Bertz CT molecular complexity index is 482. The topological polar surface area (TPSA) is 67.6 Å². The van der Waals surface area contributed by atoms with Crippen molar-refractivity contribution in [1.82, 2.24) is 15.2 Å². The molecule has 84 valence electrons. The van der Waals surface area contributed by atoms with Gasteiger partial charge in [-0.3, -0.25) is 5.10 Å². The van der Waals surface area contributed by atoms with E-state index in [1.807, 2.05) is 0 Å². The van der Waals surface area contributed by atoms with Crippen molar-refractivity contribution in [2.75, 3.05) is 5.73 Å². The fourth-order valence-corrected chi connectivity index (χ4v) is 3.21. The van der Waals surface area contributed by atoms with Gasteiger partial charge in [0.1, 0.15) is 10.8 Å². The van der Waals surface area contributed by atoms with E-state index < -0.39 is 0 Å². The molecule has 16 heavy (non-hydrogen) atoms. The van der Waals surface area contributed by atoms with Gasteiger partial charge in [-0.1, -0.05) is 12.8 Å². The van der Waals surface area contributed by atoms with Crippen molar-refractivity contribution in [3.05, 3.63) is 17.3 Å². The third kappa shape index (κ3) is 1.61. The van der Waals surface area contributed by atoms with E-state index in [1.165, 1.54) is 31.4 Å². The zero-order valence-corrected chi connectivity index (χ0v) is 9.76. The van der Waals surface area contributed by atoms with Crippen LogP contribution in [0.15, 0.2) is 11.6 Å². The van der Waals surface area contributed by atoms with Crippen LogP contribution in [0.25, 0.3) is 10.6 Å². The molecule has 0 amide bonds. The lowest BCUT2D eigenvalue weighted by atomic mass is 10.1. The third-order valence-corrected chi connectivity index (χ3v) is 4.09. The molecule has 1 aliphatic carbocycles. The summed E-state index contributed by atoms with van der Waals surface area (Å²) in [5.74, 6) is 1.27. The second-order valence-electron chi connectivity index (χ2n) is 4.26. The Morgan fingerprint density at radius 3 is 2.88 bits per heavy atom. The molecule has 0 radical (unpaired) electrons. The van der Waals surface area contributed by atoms with Gasteiger partial charge in [0.05, 0.1) is 17.5 Å². The third-order valence-electron chi connectivity index (χ3n) is 3.19. The number of hydrogen-bond donors (Lipinski definition) is 2. The maximum Gasteiger partial charge on any atom is 0.129 e. The molecule has 0 aromatic carbocycles. The summed E-state index contributed by atoms with van der Waals surface area (Å²) in [5, 5.41) is 9.81. The quantitative estimate of drug-likeness (QED) is 0.839. The van der Waals surface area contributed by atoms with Crippen molar-refractivity contribution >= 4 is 17.2 Å². The number of nitrogens with zero attached hydrogens (tertiary/aromatic N) is 2. The molecule has 2 aromatic rings. The van der Waals surface area contributed by atoms with Gasteiger partial charge in [0.15, 0.2) is 0 Å². The molecule has 1 saturated carbocycles. The Balaban J connectivity index is 1.90. The smallest absolute Gasteiger partial charge is 0.129 e. The van der Waals surface area contributed by atoms with E-state index in [-0.39, 0.29) is 0 Å². The monoisotopic (exact) mass is 234 g/mol. The summed E-state index contributed by atoms with van der Waals surface area (Å²) in [4.78, 5) is 4.67. The Hall–Kier alpha value is -1.36. The second kappa shape index (κ2) is 3.90. The highest BCUT2D eigenvalue weighted by atomic mass is 32.1. The number of rotatable bonds is 2. The van der Waals surface area contributed by atoms with Crippen molar-refractivity contribution < 1.29 is 0 Å². The molecule has 4 nitrogen and oxygen atoms in total. The number of aromatic nitrogens is 3. The van der Waals surface area contributed by atoms with E-state index in [4.69, 9.17) is 5.73 Å². The van der Waals surface area contributed by atoms with Crippen LogP contribution >= 0.6 is 11.3 Å². The summed E-state index contributed by atoms with van der Waals surface area (Å²) in [6.07, 6.45) is 6.98. The summed E-state index contributed by atoms with van der Waals surface area (Å²) < 4.78 is 0. The van der Waals surface area contributed by atoms with Gasteiger partial charge in [-0.15, -0.1) is 11.3 Å². The molecule has 1 fully saturated rings. The van der Waals surface area contributed by atoms with Gasteiger partial charge >= 0.3 is 0 Å². The average molecular weight is 234 g/mol. The molecule has 0 bridgehead atoms. The van der Waals surface area contributed by atoms with Crippen LogP contribution in [0, 0.1) is 0 Å². The molecule has 5 heteroatoms. The first-order valence-corrected chi connectivity index (χ1v) is 6.47. The van der Waals surface area contributed by atoms with Crippen LogP contribution in [0.2, 0.25) is 0 Å². The van der Waals surface area contributed by atoms with Gasteiger partial charge < -0.3 is 5.73 Å². The molecule has 3 rings (SSSR count). The number of anilines is 1. The lowest BCUT2D eigenvalue weighted by molar-refractivity contribution is 0.704. The highest BCUT2D eigenvalue weighted by Gasteiger charge is 2.20. The van der Waals surface area contributed by atoms with E-state index in [9.17, 15) is 0 Å². The first-order chi connectivity index (χ1) is 7.84. The minimum Gasteiger partial charge on any atom is -0.383 e. The fourth-order valence-electron chi connectivity index (χ4n) is 2.29.